The van der Waals surface area contributed by atoms with Gasteiger partial charge in [-0.3, -0.25) is 9.69 Å². The second kappa shape index (κ2) is 10.4. The van der Waals surface area contributed by atoms with Crippen molar-refractivity contribution in [1.29, 1.82) is 0 Å². The maximum Gasteiger partial charge on any atom is 0.225 e. The fourth-order valence-electron chi connectivity index (χ4n) is 3.58. The SMILES string of the molecule is CCCCC(CC)C(=O)N1CCN(Cc2cc(OC)ccc2OC)CC1. The van der Waals surface area contributed by atoms with E-state index in [0.29, 0.717) is 5.91 Å². The number of rotatable bonds is 9. The Labute approximate surface area is 158 Å². The molecule has 1 saturated heterocycles. The molecule has 1 aromatic rings. The summed E-state index contributed by atoms with van der Waals surface area (Å²) >= 11 is 0. The molecule has 5 heteroatoms. The first-order valence-corrected chi connectivity index (χ1v) is 9.84. The average molecular weight is 363 g/mol. The van der Waals surface area contributed by atoms with Crippen LogP contribution in [0, 0.1) is 5.92 Å². The van der Waals surface area contributed by atoms with E-state index >= 15 is 0 Å². The highest BCUT2D eigenvalue weighted by Crippen LogP contribution is 2.26. The molecule has 0 saturated carbocycles. The smallest absolute Gasteiger partial charge is 0.225 e. The molecule has 1 aliphatic rings. The van der Waals surface area contributed by atoms with Gasteiger partial charge in [0.15, 0.2) is 0 Å². The number of hydrogen-bond acceptors (Lipinski definition) is 4. The fraction of sp³-hybridized carbons (Fsp3) is 0.667. The molecule has 0 spiro atoms. The molecule has 0 N–H and O–H groups in total. The zero-order valence-corrected chi connectivity index (χ0v) is 16.8. The summed E-state index contributed by atoms with van der Waals surface area (Å²) in [7, 11) is 3.38. The minimum Gasteiger partial charge on any atom is -0.497 e. The lowest BCUT2D eigenvalue weighted by Crippen LogP contribution is -2.50. The molecule has 1 fully saturated rings. The summed E-state index contributed by atoms with van der Waals surface area (Å²) in [6, 6.07) is 5.90. The van der Waals surface area contributed by atoms with Gasteiger partial charge in [-0.2, -0.15) is 0 Å². The fourth-order valence-corrected chi connectivity index (χ4v) is 3.58. The van der Waals surface area contributed by atoms with Crippen molar-refractivity contribution in [2.24, 2.45) is 5.92 Å². The maximum atomic E-state index is 12.8. The summed E-state index contributed by atoms with van der Waals surface area (Å²) in [6.07, 6.45) is 4.26. The van der Waals surface area contributed by atoms with E-state index in [1.807, 2.05) is 18.2 Å². The Kier molecular flexibility index (Phi) is 8.23. The van der Waals surface area contributed by atoms with Gasteiger partial charge in [-0.1, -0.05) is 26.7 Å². The van der Waals surface area contributed by atoms with E-state index in [4.69, 9.17) is 9.47 Å². The zero-order valence-electron chi connectivity index (χ0n) is 16.8. The van der Waals surface area contributed by atoms with Gasteiger partial charge in [-0.15, -0.1) is 0 Å². The van der Waals surface area contributed by atoms with Crippen LogP contribution in [0.1, 0.15) is 45.1 Å². The predicted molar refractivity (Wildman–Crippen MR) is 105 cm³/mol. The Hall–Kier alpha value is -1.75. The molecular formula is C21H34N2O3. The number of unbranched alkanes of at least 4 members (excludes halogenated alkanes) is 1. The molecule has 0 aromatic heterocycles. The summed E-state index contributed by atoms with van der Waals surface area (Å²) in [6.45, 7) is 8.55. The molecule has 0 bridgehead atoms. The van der Waals surface area contributed by atoms with Crippen LogP contribution in [-0.2, 0) is 11.3 Å². The largest absolute Gasteiger partial charge is 0.497 e. The molecule has 1 amide bonds. The van der Waals surface area contributed by atoms with Crippen molar-refractivity contribution in [3.05, 3.63) is 23.8 Å². The monoisotopic (exact) mass is 362 g/mol. The van der Waals surface area contributed by atoms with Crippen LogP contribution in [-0.4, -0.2) is 56.1 Å². The highest BCUT2D eigenvalue weighted by atomic mass is 16.5. The van der Waals surface area contributed by atoms with E-state index in [1.165, 1.54) is 0 Å². The van der Waals surface area contributed by atoms with Crippen molar-refractivity contribution in [3.63, 3.8) is 0 Å². The Morgan fingerprint density at radius 1 is 1.12 bits per heavy atom. The maximum absolute atomic E-state index is 12.8. The highest BCUT2D eigenvalue weighted by molar-refractivity contribution is 5.78. The summed E-state index contributed by atoms with van der Waals surface area (Å²) in [5, 5.41) is 0. The average Bonchev–Trinajstić information content (AvgIpc) is 2.68. The van der Waals surface area contributed by atoms with E-state index in [0.717, 1.165) is 75.5 Å². The van der Waals surface area contributed by atoms with E-state index < -0.39 is 0 Å². The number of carbonyl (C=O) groups is 1. The molecule has 1 atom stereocenters. The van der Waals surface area contributed by atoms with E-state index in [2.05, 4.69) is 23.6 Å². The van der Waals surface area contributed by atoms with Gasteiger partial charge in [0.05, 0.1) is 14.2 Å². The third kappa shape index (κ3) is 5.37. The van der Waals surface area contributed by atoms with Gasteiger partial charge >= 0.3 is 0 Å². The Bertz CT molecular complexity index is 568. The Balaban J connectivity index is 1.91. The van der Waals surface area contributed by atoms with Gasteiger partial charge in [0, 0.05) is 44.2 Å². The van der Waals surface area contributed by atoms with Crippen molar-refractivity contribution < 1.29 is 14.3 Å². The minimum absolute atomic E-state index is 0.194. The molecule has 2 rings (SSSR count). The van der Waals surface area contributed by atoms with Gasteiger partial charge < -0.3 is 14.4 Å². The first-order chi connectivity index (χ1) is 12.6. The van der Waals surface area contributed by atoms with Crippen LogP contribution < -0.4 is 9.47 Å². The summed E-state index contributed by atoms with van der Waals surface area (Å²) in [5.74, 6) is 2.27. The third-order valence-corrected chi connectivity index (χ3v) is 5.31. The number of hydrogen-bond donors (Lipinski definition) is 0. The number of methoxy groups -OCH3 is 2. The van der Waals surface area contributed by atoms with Gasteiger partial charge in [0.25, 0.3) is 0 Å². The predicted octanol–water partition coefficient (Wildman–Crippen LogP) is 3.56. The number of ether oxygens (including phenoxy) is 2. The molecule has 0 aliphatic carbocycles. The number of piperazine rings is 1. The number of benzene rings is 1. The van der Waals surface area contributed by atoms with Crippen LogP contribution in [0.5, 0.6) is 11.5 Å². The standard InChI is InChI=1S/C21H34N2O3/c1-5-7-8-17(6-2)21(24)23-13-11-22(12-14-23)16-18-15-19(25-3)9-10-20(18)26-4/h9-10,15,17H,5-8,11-14,16H2,1-4H3. The minimum atomic E-state index is 0.194. The molecule has 0 radical (unpaired) electrons. The van der Waals surface area contributed by atoms with Crippen molar-refractivity contribution >= 4 is 5.91 Å². The molecule has 1 aliphatic heterocycles. The molecule has 26 heavy (non-hydrogen) atoms. The lowest BCUT2D eigenvalue weighted by molar-refractivity contribution is -0.137. The van der Waals surface area contributed by atoms with Crippen LogP contribution in [0.15, 0.2) is 18.2 Å². The summed E-state index contributed by atoms with van der Waals surface area (Å²) < 4.78 is 10.8. The van der Waals surface area contributed by atoms with E-state index in [-0.39, 0.29) is 5.92 Å². The van der Waals surface area contributed by atoms with Crippen LogP contribution >= 0.6 is 0 Å². The zero-order chi connectivity index (χ0) is 18.9. The quantitative estimate of drug-likeness (QED) is 0.673. The highest BCUT2D eigenvalue weighted by Gasteiger charge is 2.26. The lowest BCUT2D eigenvalue weighted by Gasteiger charge is -2.36. The first kappa shape index (κ1) is 20.6. The molecule has 1 aromatic carbocycles. The van der Waals surface area contributed by atoms with E-state index in [1.54, 1.807) is 14.2 Å². The van der Waals surface area contributed by atoms with Gasteiger partial charge in [-0.25, -0.2) is 0 Å². The third-order valence-electron chi connectivity index (χ3n) is 5.31. The van der Waals surface area contributed by atoms with Crippen LogP contribution in [0.4, 0.5) is 0 Å². The number of nitrogens with zero attached hydrogens (tertiary/aromatic N) is 2. The first-order valence-electron chi connectivity index (χ1n) is 9.84. The Morgan fingerprint density at radius 3 is 2.42 bits per heavy atom. The van der Waals surface area contributed by atoms with Crippen LogP contribution in [0.3, 0.4) is 0 Å². The van der Waals surface area contributed by atoms with Crippen molar-refractivity contribution in [1.82, 2.24) is 9.80 Å². The summed E-state index contributed by atoms with van der Waals surface area (Å²) in [5.41, 5.74) is 1.13. The molecule has 146 valence electrons. The number of amides is 1. The van der Waals surface area contributed by atoms with Crippen molar-refractivity contribution in [3.8, 4) is 11.5 Å². The van der Waals surface area contributed by atoms with Crippen LogP contribution in [0.25, 0.3) is 0 Å². The molecule has 1 heterocycles. The second-order valence-corrected chi connectivity index (χ2v) is 7.03. The molecular weight excluding hydrogens is 328 g/mol. The lowest BCUT2D eigenvalue weighted by atomic mass is 9.97. The molecule has 5 nitrogen and oxygen atoms in total. The number of carbonyl (C=O) groups excluding carboxylic acids is 1. The topological polar surface area (TPSA) is 42.0 Å². The van der Waals surface area contributed by atoms with Crippen LogP contribution in [0.2, 0.25) is 0 Å². The van der Waals surface area contributed by atoms with Gasteiger partial charge in [0.1, 0.15) is 11.5 Å². The van der Waals surface area contributed by atoms with E-state index in [9.17, 15) is 4.79 Å². The summed E-state index contributed by atoms with van der Waals surface area (Å²) in [4.78, 5) is 17.2. The van der Waals surface area contributed by atoms with Crippen molar-refractivity contribution in [2.75, 3.05) is 40.4 Å². The normalized spacial score (nSPS) is 16.4. The van der Waals surface area contributed by atoms with Gasteiger partial charge in [0.2, 0.25) is 5.91 Å². The molecule has 1 unspecified atom stereocenters. The second-order valence-electron chi connectivity index (χ2n) is 7.03. The Morgan fingerprint density at radius 2 is 1.85 bits per heavy atom. The van der Waals surface area contributed by atoms with Gasteiger partial charge in [-0.05, 0) is 31.0 Å². The van der Waals surface area contributed by atoms with Crippen molar-refractivity contribution in [2.45, 2.75) is 46.1 Å².